The number of benzene rings is 3. The molecule has 0 amide bonds. The fourth-order valence-corrected chi connectivity index (χ4v) is 5.53. The molecular formula is C34H39NO5S. The van der Waals surface area contributed by atoms with Crippen LogP contribution >= 0.6 is 0 Å². The zero-order chi connectivity index (χ0) is 30.4. The summed E-state index contributed by atoms with van der Waals surface area (Å²) in [6, 6.07) is 22.6. The molecule has 1 unspecified atom stereocenters. The average Bonchev–Trinajstić information content (AvgIpc) is 2.89. The molecule has 0 bridgehead atoms. The number of pyridine rings is 1. The fourth-order valence-electron chi connectivity index (χ4n) is 4.99. The molecule has 0 aliphatic heterocycles. The number of aromatic nitrogens is 1. The first-order valence-corrected chi connectivity index (χ1v) is 15.6. The smallest absolute Gasteiger partial charge is 0.171 e. The normalized spacial score (nSPS) is 13.8. The second-order valence-corrected chi connectivity index (χ2v) is 15.0. The van der Waals surface area contributed by atoms with Crippen molar-refractivity contribution < 1.29 is 23.4 Å². The first kappa shape index (κ1) is 30.6. The molecule has 0 aliphatic rings. The van der Waals surface area contributed by atoms with Crippen molar-refractivity contribution in [3.63, 3.8) is 0 Å². The van der Waals surface area contributed by atoms with Crippen LogP contribution in [-0.2, 0) is 31.4 Å². The highest BCUT2D eigenvalue weighted by Gasteiger charge is 2.34. The van der Waals surface area contributed by atoms with Crippen LogP contribution in [0.15, 0.2) is 79.0 Å². The van der Waals surface area contributed by atoms with Crippen molar-refractivity contribution in [3.05, 3.63) is 101 Å². The van der Waals surface area contributed by atoms with Crippen LogP contribution in [0.3, 0.4) is 0 Å². The molecule has 2 N–H and O–H groups in total. The van der Waals surface area contributed by atoms with Gasteiger partial charge in [0.2, 0.25) is 0 Å². The lowest BCUT2D eigenvalue weighted by Crippen LogP contribution is -2.36. The van der Waals surface area contributed by atoms with Gasteiger partial charge in [0.15, 0.2) is 15.6 Å². The van der Waals surface area contributed by atoms with Gasteiger partial charge >= 0.3 is 0 Å². The van der Waals surface area contributed by atoms with E-state index in [1.54, 1.807) is 33.9 Å². The molecule has 0 fully saturated rings. The third-order valence-corrected chi connectivity index (χ3v) is 10.0. The van der Waals surface area contributed by atoms with Gasteiger partial charge in [-0.2, -0.15) is 0 Å². The van der Waals surface area contributed by atoms with E-state index in [2.05, 4.69) is 4.98 Å². The number of hydrogen-bond donors (Lipinski definition) is 2. The van der Waals surface area contributed by atoms with Crippen molar-refractivity contribution in [1.82, 2.24) is 4.98 Å². The summed E-state index contributed by atoms with van der Waals surface area (Å²) in [6.07, 6.45) is 3.31. The summed E-state index contributed by atoms with van der Waals surface area (Å²) >= 11 is 0. The monoisotopic (exact) mass is 573 g/mol. The van der Waals surface area contributed by atoms with E-state index in [1.165, 1.54) is 20.1 Å². The van der Waals surface area contributed by atoms with Crippen molar-refractivity contribution in [2.45, 2.75) is 69.8 Å². The molecule has 1 atom stereocenters. The first-order valence-electron chi connectivity index (χ1n) is 13.7. The molecule has 4 rings (SSSR count). The molecule has 216 valence electrons. The molecule has 0 saturated carbocycles. The maximum absolute atomic E-state index is 13.5. The molecule has 0 radical (unpaired) electrons. The molecule has 6 nitrogen and oxygen atoms in total. The Bertz CT molecular complexity index is 1690. The van der Waals surface area contributed by atoms with Crippen LogP contribution in [0, 0.1) is 0 Å². The molecule has 0 aliphatic carbocycles. The number of Topliss-reactive ketones (excluding diaryl/α,β-unsaturated/α-hetero) is 1. The summed E-state index contributed by atoms with van der Waals surface area (Å²) in [5, 5.41) is 21.9. The first-order chi connectivity index (χ1) is 18.9. The van der Waals surface area contributed by atoms with Gasteiger partial charge < -0.3 is 10.2 Å². The highest BCUT2D eigenvalue weighted by Crippen LogP contribution is 2.37. The summed E-state index contributed by atoms with van der Waals surface area (Å²) in [5.41, 5.74) is 2.89. The summed E-state index contributed by atoms with van der Waals surface area (Å²) in [5.74, 6) is -0.922. The summed E-state index contributed by atoms with van der Waals surface area (Å²) in [4.78, 5) is 18.1. The van der Waals surface area contributed by atoms with E-state index >= 15 is 0 Å². The van der Waals surface area contributed by atoms with E-state index in [-0.39, 0.29) is 5.78 Å². The average molecular weight is 574 g/mol. The van der Waals surface area contributed by atoms with Crippen LogP contribution in [0.25, 0.3) is 22.0 Å². The lowest BCUT2D eigenvalue weighted by Gasteiger charge is -2.26. The van der Waals surface area contributed by atoms with Gasteiger partial charge in [0.25, 0.3) is 0 Å². The predicted molar refractivity (Wildman–Crippen MR) is 164 cm³/mol. The number of fused-ring (bicyclic) bond motifs is 1. The minimum absolute atomic E-state index is 0.303. The molecule has 41 heavy (non-hydrogen) atoms. The number of rotatable bonds is 9. The predicted octanol–water partition coefficient (Wildman–Crippen LogP) is 6.08. The molecule has 1 aromatic heterocycles. The Balaban J connectivity index is 1.81. The van der Waals surface area contributed by atoms with Gasteiger partial charge in [-0.25, -0.2) is 8.42 Å². The van der Waals surface area contributed by atoms with Gasteiger partial charge in [0.05, 0.1) is 15.9 Å². The molecular weight excluding hydrogens is 534 g/mol. The molecule has 1 heterocycles. The highest BCUT2D eigenvalue weighted by molar-refractivity contribution is 7.91. The van der Waals surface area contributed by atoms with E-state index in [1.807, 2.05) is 72.8 Å². The van der Waals surface area contributed by atoms with Crippen LogP contribution < -0.4 is 0 Å². The quantitative estimate of drug-likeness (QED) is 0.252. The third kappa shape index (κ3) is 6.43. The van der Waals surface area contributed by atoms with Crippen molar-refractivity contribution in [3.8, 4) is 11.1 Å². The highest BCUT2D eigenvalue weighted by atomic mass is 32.2. The largest absolute Gasteiger partial charge is 0.386 e. The second kappa shape index (κ2) is 10.8. The van der Waals surface area contributed by atoms with Gasteiger partial charge in [-0.05, 0) is 94.0 Å². The number of aliphatic hydroxyl groups is 2. The number of sulfone groups is 1. The summed E-state index contributed by atoms with van der Waals surface area (Å²) in [7, 11) is -3.41. The maximum atomic E-state index is 13.5. The zero-order valence-corrected chi connectivity index (χ0v) is 25.6. The van der Waals surface area contributed by atoms with Crippen molar-refractivity contribution in [1.29, 1.82) is 0 Å². The van der Waals surface area contributed by atoms with Gasteiger partial charge in [0.1, 0.15) is 5.60 Å². The topological polar surface area (TPSA) is 105 Å². The van der Waals surface area contributed by atoms with Gasteiger partial charge in [-0.3, -0.25) is 9.78 Å². The Hall–Kier alpha value is -3.39. The van der Waals surface area contributed by atoms with E-state index in [0.29, 0.717) is 12.0 Å². The Morgan fingerprint density at radius 1 is 0.854 bits per heavy atom. The fraction of sp³-hybridized carbons (Fsp3) is 0.353. The van der Waals surface area contributed by atoms with Crippen molar-refractivity contribution >= 4 is 26.5 Å². The second-order valence-electron chi connectivity index (χ2n) is 12.4. The van der Waals surface area contributed by atoms with Crippen LogP contribution in [0.4, 0.5) is 0 Å². The number of hydrogen-bond acceptors (Lipinski definition) is 6. The molecule has 0 spiro atoms. The minimum Gasteiger partial charge on any atom is -0.386 e. The van der Waals surface area contributed by atoms with Crippen molar-refractivity contribution in [2.24, 2.45) is 0 Å². The maximum Gasteiger partial charge on any atom is 0.171 e. The lowest BCUT2D eigenvalue weighted by atomic mass is 9.81. The number of carbonyl (C=O) groups is 1. The summed E-state index contributed by atoms with van der Waals surface area (Å²) < 4.78 is 24.3. The van der Waals surface area contributed by atoms with Crippen LogP contribution in [0.2, 0.25) is 0 Å². The Labute approximate surface area is 243 Å². The number of nitrogens with zero attached hydrogens (tertiary/aromatic N) is 1. The van der Waals surface area contributed by atoms with Gasteiger partial charge in [0, 0.05) is 29.3 Å². The molecule has 7 heteroatoms. The Morgan fingerprint density at radius 2 is 1.51 bits per heavy atom. The number of carbonyl (C=O) groups excluding carboxylic acids is 1. The zero-order valence-electron chi connectivity index (χ0n) is 24.8. The lowest BCUT2D eigenvalue weighted by molar-refractivity contribution is -0.135. The van der Waals surface area contributed by atoms with Crippen LogP contribution in [-0.4, -0.2) is 41.3 Å². The Morgan fingerprint density at radius 3 is 2.10 bits per heavy atom. The minimum atomic E-state index is -3.41. The van der Waals surface area contributed by atoms with Gasteiger partial charge in [-0.1, -0.05) is 54.6 Å². The Kier molecular flexibility index (Phi) is 8.04. The van der Waals surface area contributed by atoms with Crippen molar-refractivity contribution in [2.75, 3.05) is 6.26 Å². The van der Waals surface area contributed by atoms with Crippen LogP contribution in [0.5, 0.6) is 0 Å². The molecule has 0 saturated heterocycles. The summed E-state index contributed by atoms with van der Waals surface area (Å²) in [6.45, 7) is 9.81. The third-order valence-electron chi connectivity index (χ3n) is 7.94. The van der Waals surface area contributed by atoms with Gasteiger partial charge in [-0.15, -0.1) is 0 Å². The number of ketones is 1. The molecule has 4 aromatic rings. The van der Waals surface area contributed by atoms with E-state index in [0.717, 1.165) is 38.7 Å². The van der Waals surface area contributed by atoms with Crippen LogP contribution in [0.1, 0.15) is 69.7 Å². The molecule has 3 aromatic carbocycles. The van der Waals surface area contributed by atoms with E-state index in [9.17, 15) is 23.4 Å². The van der Waals surface area contributed by atoms with E-state index in [4.69, 9.17) is 0 Å². The SMILES string of the molecule is CC(C)(O)C(=O)C(Cc1cccc(-c2cc(C(C)(C)S(C)(=O)=O)cc3cccnc23)c1)c1ccc(C(C)(C)O)cc1. The standard InChI is InChI=1S/C34H39NO5S/c1-32(2,37)26-15-13-23(14-16-26)29(31(36)33(3,4)38)19-22-10-8-11-24(18-22)28-21-27(34(5,6)41(7,39)40)20-25-12-9-17-35-30(25)28/h8-18,20-21,29,37-38H,19H2,1-7H3. The van der Waals surface area contributed by atoms with E-state index < -0.39 is 31.7 Å².